The summed E-state index contributed by atoms with van der Waals surface area (Å²) in [6, 6.07) is 0. The zero-order chi connectivity index (χ0) is 3.54. The molecule has 27 valence electrons. The van der Waals surface area contributed by atoms with E-state index in [1.165, 1.54) is 11.9 Å². The lowest BCUT2D eigenvalue weighted by molar-refractivity contribution is 0.119. The van der Waals surface area contributed by atoms with E-state index in [1.54, 1.807) is 0 Å². The molecule has 0 atom stereocenters. The Balaban J connectivity index is 2.32. The van der Waals surface area contributed by atoms with Crippen LogP contribution in [0, 0.1) is 0 Å². The first-order valence-corrected chi connectivity index (χ1v) is 1.84. The van der Waals surface area contributed by atoms with Gasteiger partial charge in [0.05, 0.1) is 0 Å². The smallest absolute Gasteiger partial charge is 0.193 e. The van der Waals surface area contributed by atoms with Crippen molar-refractivity contribution < 1.29 is 4.94 Å². The first-order chi connectivity index (χ1) is 2.50. The number of hydrogen-bond acceptors (Lipinski definition) is 4. The van der Waals surface area contributed by atoms with Gasteiger partial charge in [0.15, 0.2) is 5.55 Å². The molecule has 1 aliphatic heterocycles. The predicted molar refractivity (Wildman–Crippen MR) is 19.2 cm³/mol. The highest BCUT2D eigenvalue weighted by atomic mass is 32.2. The third kappa shape index (κ3) is 0.524. The van der Waals surface area contributed by atoms with Gasteiger partial charge >= 0.3 is 0 Å². The molecule has 0 fully saturated rings. The largest absolute Gasteiger partial charge is 0.287 e. The average Bonchev–Trinajstić information content (AvgIpc) is 1.76. The van der Waals surface area contributed by atoms with E-state index >= 15 is 0 Å². The summed E-state index contributed by atoms with van der Waals surface area (Å²) in [5.74, 6) is 0. The van der Waals surface area contributed by atoms with Crippen molar-refractivity contribution in [2.45, 2.75) is 0 Å². The molecular weight excluding hydrogens is 88.1 g/mol. The van der Waals surface area contributed by atoms with E-state index in [2.05, 4.69) is 20.5 Å². The van der Waals surface area contributed by atoms with Crippen LogP contribution in [0.3, 0.4) is 0 Å². The lowest BCUT2D eigenvalue weighted by Gasteiger charge is -1.76. The molecule has 1 rings (SSSR count). The fraction of sp³-hybridized carbons (Fsp3) is 0. The van der Waals surface area contributed by atoms with E-state index < -0.39 is 0 Å². The summed E-state index contributed by atoms with van der Waals surface area (Å²) in [5.41, 5.74) is 2.43. The van der Waals surface area contributed by atoms with E-state index in [0.29, 0.717) is 0 Å². The van der Waals surface area contributed by atoms with Crippen molar-refractivity contribution in [3.63, 3.8) is 0 Å². The van der Waals surface area contributed by atoms with E-state index in [-0.39, 0.29) is 0 Å². The Morgan fingerprint density at radius 2 is 3.00 bits per heavy atom. The molecule has 0 aliphatic carbocycles. The molecule has 4 heteroatoms. The number of hydrogen-bond donors (Lipinski definition) is 1. The van der Waals surface area contributed by atoms with Crippen LogP contribution < -0.4 is 4.89 Å². The summed E-state index contributed by atoms with van der Waals surface area (Å²) in [5, 5.41) is 3.19. The Kier molecular flexibility index (Phi) is 0.764. The van der Waals surface area contributed by atoms with Gasteiger partial charge in [0.25, 0.3) is 0 Å². The molecule has 0 unspecified atom stereocenters. The fourth-order valence-electron chi connectivity index (χ4n) is 0.0932. The quantitative estimate of drug-likeness (QED) is 0.424. The van der Waals surface area contributed by atoms with E-state index in [4.69, 9.17) is 0 Å². The van der Waals surface area contributed by atoms with E-state index in [0.717, 1.165) is 0 Å². The normalized spacial score (nSPS) is 19.2. The van der Waals surface area contributed by atoms with Crippen LogP contribution in [0.2, 0.25) is 0 Å². The standard InChI is InChI=1S/CHN2OS/c1-2-4-3-5-1/h3H. The van der Waals surface area contributed by atoms with Crippen LogP contribution in [0.4, 0.5) is 0 Å². The fourth-order valence-corrected chi connectivity index (χ4v) is 0.280. The second kappa shape index (κ2) is 1.28. The molecule has 1 N–H and O–H groups in total. The maximum Gasteiger partial charge on any atom is 0.193 e. The molecule has 0 aromatic carbocycles. The lowest BCUT2D eigenvalue weighted by atomic mass is 11.7. The highest BCUT2D eigenvalue weighted by Crippen LogP contribution is 1.92. The minimum absolute atomic E-state index is 1.19. The van der Waals surface area contributed by atoms with E-state index in [1.807, 2.05) is 0 Å². The zero-order valence-corrected chi connectivity index (χ0v) is 3.08. The molecule has 0 saturated heterocycles. The molecule has 0 aromatic heterocycles. The Labute approximate surface area is 33.5 Å². The van der Waals surface area contributed by atoms with Gasteiger partial charge < -0.3 is 0 Å². The topological polar surface area (TPSA) is 33.6 Å². The summed E-state index contributed by atoms with van der Waals surface area (Å²) >= 11 is 1.19. The van der Waals surface area contributed by atoms with Crippen molar-refractivity contribution in [2.75, 3.05) is 0 Å². The summed E-state index contributed by atoms with van der Waals surface area (Å²) in [6.45, 7) is 0. The molecule has 0 aromatic rings. The van der Waals surface area contributed by atoms with Crippen molar-refractivity contribution in [2.24, 2.45) is 5.16 Å². The van der Waals surface area contributed by atoms with Crippen molar-refractivity contribution in [1.29, 1.82) is 0 Å². The Bertz CT molecular complexity index is 47.6. The lowest BCUT2D eigenvalue weighted by Crippen LogP contribution is -1.88. The van der Waals surface area contributed by atoms with Crippen molar-refractivity contribution in [3.05, 3.63) is 0 Å². The molecule has 1 radical (unpaired) electrons. The van der Waals surface area contributed by atoms with Crippen LogP contribution in [0.15, 0.2) is 5.16 Å². The average molecular weight is 89.1 g/mol. The molecule has 5 heavy (non-hydrogen) atoms. The minimum atomic E-state index is 1.19. The van der Waals surface area contributed by atoms with Crippen LogP contribution >= 0.6 is 11.9 Å². The molecule has 1 heterocycles. The first kappa shape index (κ1) is 2.99. The molecule has 0 amide bonds. The van der Waals surface area contributed by atoms with Gasteiger partial charge in [-0.1, -0.05) is 4.89 Å². The maximum absolute atomic E-state index is 4.17. The van der Waals surface area contributed by atoms with Gasteiger partial charge in [-0.25, -0.2) is 0 Å². The molecular formula is CHN2OS. The highest BCUT2D eigenvalue weighted by molar-refractivity contribution is 8.10. The predicted octanol–water partition coefficient (Wildman–Crippen LogP) is -0.0103. The maximum atomic E-state index is 4.17. The van der Waals surface area contributed by atoms with Crippen LogP contribution in [0.5, 0.6) is 0 Å². The van der Waals surface area contributed by atoms with Crippen molar-refractivity contribution in [1.82, 2.24) is 4.89 Å². The SMILES string of the molecule is [C]1=NONS1. The third-order valence-electron chi connectivity index (χ3n) is 0.207. The second-order valence-corrected chi connectivity index (χ2v) is 1.01. The highest BCUT2D eigenvalue weighted by Gasteiger charge is 1.86. The zero-order valence-electron chi connectivity index (χ0n) is 2.26. The van der Waals surface area contributed by atoms with E-state index in [9.17, 15) is 0 Å². The van der Waals surface area contributed by atoms with Gasteiger partial charge in [-0.15, -0.1) is 0 Å². The minimum Gasteiger partial charge on any atom is -0.287 e. The van der Waals surface area contributed by atoms with Gasteiger partial charge in [-0.3, -0.25) is 4.94 Å². The van der Waals surface area contributed by atoms with Crippen molar-refractivity contribution in [3.8, 4) is 0 Å². The second-order valence-electron chi connectivity index (χ2n) is 0.459. The molecule has 1 aliphatic rings. The summed E-state index contributed by atoms with van der Waals surface area (Å²) in [6.07, 6.45) is 0. The van der Waals surface area contributed by atoms with Gasteiger partial charge in [0, 0.05) is 11.9 Å². The molecule has 3 nitrogen and oxygen atoms in total. The van der Waals surface area contributed by atoms with Crippen LogP contribution in [0.25, 0.3) is 0 Å². The first-order valence-electron chi connectivity index (χ1n) is 1.02. The third-order valence-corrected chi connectivity index (χ3v) is 0.531. The number of rotatable bonds is 0. The Morgan fingerprint density at radius 3 is 3.20 bits per heavy atom. The van der Waals surface area contributed by atoms with Gasteiger partial charge in [-0.05, 0) is 5.16 Å². The molecule has 0 bridgehead atoms. The van der Waals surface area contributed by atoms with Gasteiger partial charge in [0.1, 0.15) is 0 Å². The van der Waals surface area contributed by atoms with Gasteiger partial charge in [-0.2, -0.15) is 0 Å². The summed E-state index contributed by atoms with van der Waals surface area (Å²) in [4.78, 5) is 6.53. The Morgan fingerprint density at radius 1 is 2.00 bits per heavy atom. The summed E-state index contributed by atoms with van der Waals surface area (Å²) in [7, 11) is 0. The van der Waals surface area contributed by atoms with Gasteiger partial charge in [0.2, 0.25) is 0 Å². The monoisotopic (exact) mass is 89.0 g/mol. The summed E-state index contributed by atoms with van der Waals surface area (Å²) < 4.78 is 0. The van der Waals surface area contributed by atoms with Crippen LogP contribution in [-0.4, -0.2) is 5.55 Å². The number of nitrogens with zero attached hydrogens (tertiary/aromatic N) is 1. The van der Waals surface area contributed by atoms with Crippen molar-refractivity contribution >= 4 is 17.5 Å². The Hall–Kier alpha value is -0.220. The number of nitrogens with one attached hydrogen (secondary N) is 1. The van der Waals surface area contributed by atoms with Crippen LogP contribution in [-0.2, 0) is 4.94 Å². The van der Waals surface area contributed by atoms with Crippen LogP contribution in [0.1, 0.15) is 0 Å². The molecule has 0 saturated carbocycles. The molecule has 0 spiro atoms.